The lowest BCUT2D eigenvalue weighted by Crippen LogP contribution is -2.54. The summed E-state index contributed by atoms with van der Waals surface area (Å²) in [7, 11) is -4.16. The van der Waals surface area contributed by atoms with Gasteiger partial charge in [-0.15, -0.1) is 0 Å². The number of benzene rings is 4. The standard InChI is InChI=1S/C37H42BrN3O4S/c1-5-28(4)39-37(43)35(24-29-13-8-7-9-14-29)40(25-30-15-12-17-32(38)23-30)36(42)26-41(34-18-11-10-16-31(34)6-2)46(44,45)33-21-19-27(3)20-22-33/h7-23,28,35H,5-6,24-26H2,1-4H3,(H,39,43). The molecule has 0 aliphatic rings. The van der Waals surface area contributed by atoms with Crippen LogP contribution in [0.15, 0.2) is 112 Å². The van der Waals surface area contributed by atoms with Gasteiger partial charge in [0.2, 0.25) is 11.8 Å². The minimum Gasteiger partial charge on any atom is -0.352 e. The molecule has 4 aromatic carbocycles. The van der Waals surface area contributed by atoms with Crippen LogP contribution in [0.5, 0.6) is 0 Å². The maximum Gasteiger partial charge on any atom is 0.264 e. The number of nitrogens with zero attached hydrogens (tertiary/aromatic N) is 2. The Balaban J connectivity index is 1.84. The zero-order valence-corrected chi connectivity index (χ0v) is 29.2. The van der Waals surface area contributed by atoms with Gasteiger partial charge in [0, 0.05) is 23.5 Å². The van der Waals surface area contributed by atoms with E-state index in [0.717, 1.165) is 33.1 Å². The summed E-state index contributed by atoms with van der Waals surface area (Å²) < 4.78 is 30.7. The molecule has 9 heteroatoms. The molecule has 2 unspecified atom stereocenters. The predicted molar refractivity (Wildman–Crippen MR) is 188 cm³/mol. The van der Waals surface area contributed by atoms with Crippen LogP contribution in [0.2, 0.25) is 0 Å². The van der Waals surface area contributed by atoms with Crippen molar-refractivity contribution in [3.8, 4) is 0 Å². The predicted octanol–water partition coefficient (Wildman–Crippen LogP) is 7.07. The van der Waals surface area contributed by atoms with Gasteiger partial charge in [0.25, 0.3) is 10.0 Å². The van der Waals surface area contributed by atoms with Gasteiger partial charge in [-0.05, 0) is 73.7 Å². The van der Waals surface area contributed by atoms with Crippen molar-refractivity contribution in [3.63, 3.8) is 0 Å². The number of carbonyl (C=O) groups is 2. The van der Waals surface area contributed by atoms with Crippen LogP contribution in [0.3, 0.4) is 0 Å². The van der Waals surface area contributed by atoms with Gasteiger partial charge in [-0.3, -0.25) is 13.9 Å². The molecule has 0 heterocycles. The molecule has 0 saturated heterocycles. The number of hydrogen-bond donors (Lipinski definition) is 1. The van der Waals surface area contributed by atoms with Crippen molar-refractivity contribution in [1.82, 2.24) is 10.2 Å². The zero-order valence-electron chi connectivity index (χ0n) is 26.8. The summed E-state index contributed by atoms with van der Waals surface area (Å²) in [6, 6.07) is 30.0. The fraction of sp³-hybridized carbons (Fsp3) is 0.297. The van der Waals surface area contributed by atoms with Crippen molar-refractivity contribution in [2.45, 2.75) is 70.5 Å². The molecule has 4 rings (SSSR count). The Bertz CT molecular complexity index is 1730. The van der Waals surface area contributed by atoms with Gasteiger partial charge >= 0.3 is 0 Å². The van der Waals surface area contributed by atoms with Gasteiger partial charge in [0.1, 0.15) is 12.6 Å². The molecule has 0 saturated carbocycles. The molecule has 4 aromatic rings. The number of rotatable bonds is 14. The minimum atomic E-state index is -4.16. The lowest BCUT2D eigenvalue weighted by molar-refractivity contribution is -0.140. The Morgan fingerprint density at radius 3 is 2.15 bits per heavy atom. The van der Waals surface area contributed by atoms with E-state index >= 15 is 0 Å². The van der Waals surface area contributed by atoms with Gasteiger partial charge in [0.15, 0.2) is 0 Å². The number of aryl methyl sites for hydroxylation is 2. The summed E-state index contributed by atoms with van der Waals surface area (Å²) in [6.07, 6.45) is 1.55. The van der Waals surface area contributed by atoms with Gasteiger partial charge in [-0.2, -0.15) is 0 Å². The quantitative estimate of drug-likeness (QED) is 0.152. The van der Waals surface area contributed by atoms with E-state index in [1.807, 2.05) is 94.4 Å². The molecule has 7 nitrogen and oxygen atoms in total. The largest absolute Gasteiger partial charge is 0.352 e. The van der Waals surface area contributed by atoms with Crippen LogP contribution >= 0.6 is 15.9 Å². The Hall–Kier alpha value is -3.95. The number of halogens is 1. The number of sulfonamides is 1. The van der Waals surface area contributed by atoms with Gasteiger partial charge in [-0.1, -0.05) is 108 Å². The number of carbonyl (C=O) groups excluding carboxylic acids is 2. The summed E-state index contributed by atoms with van der Waals surface area (Å²) >= 11 is 3.52. The lowest BCUT2D eigenvalue weighted by Gasteiger charge is -2.34. The van der Waals surface area contributed by atoms with Crippen molar-refractivity contribution in [2.24, 2.45) is 0 Å². The highest BCUT2D eigenvalue weighted by molar-refractivity contribution is 9.10. The summed E-state index contributed by atoms with van der Waals surface area (Å²) in [5.74, 6) is -0.773. The van der Waals surface area contributed by atoms with Crippen molar-refractivity contribution in [2.75, 3.05) is 10.8 Å². The van der Waals surface area contributed by atoms with Crippen LogP contribution in [-0.2, 0) is 39.0 Å². The Morgan fingerprint density at radius 1 is 0.848 bits per heavy atom. The van der Waals surface area contributed by atoms with Crippen LogP contribution < -0.4 is 9.62 Å². The summed E-state index contributed by atoms with van der Waals surface area (Å²) in [6.45, 7) is 7.38. The molecule has 1 N–H and O–H groups in total. The highest BCUT2D eigenvalue weighted by Crippen LogP contribution is 2.29. The first-order valence-corrected chi connectivity index (χ1v) is 17.8. The molecule has 0 bridgehead atoms. The molecule has 242 valence electrons. The smallest absolute Gasteiger partial charge is 0.264 e. The van der Waals surface area contributed by atoms with Crippen LogP contribution in [0.4, 0.5) is 5.69 Å². The third kappa shape index (κ3) is 8.85. The topological polar surface area (TPSA) is 86.8 Å². The molecule has 0 fully saturated rings. The number of amides is 2. The lowest BCUT2D eigenvalue weighted by atomic mass is 10.0. The number of hydrogen-bond acceptors (Lipinski definition) is 4. The van der Waals surface area contributed by atoms with E-state index in [-0.39, 0.29) is 29.8 Å². The van der Waals surface area contributed by atoms with E-state index < -0.39 is 28.5 Å². The molecule has 0 aromatic heterocycles. The first-order valence-electron chi connectivity index (χ1n) is 15.6. The van der Waals surface area contributed by atoms with E-state index in [1.54, 1.807) is 36.4 Å². The van der Waals surface area contributed by atoms with E-state index in [2.05, 4.69) is 21.2 Å². The van der Waals surface area contributed by atoms with Crippen LogP contribution in [0.1, 0.15) is 49.4 Å². The van der Waals surface area contributed by atoms with Crippen LogP contribution in [0.25, 0.3) is 0 Å². The average molecular weight is 705 g/mol. The third-order valence-corrected chi connectivity index (χ3v) is 10.3. The van der Waals surface area contributed by atoms with E-state index in [4.69, 9.17) is 0 Å². The second-order valence-electron chi connectivity index (χ2n) is 11.5. The van der Waals surface area contributed by atoms with Crippen molar-refractivity contribution in [1.29, 1.82) is 0 Å². The summed E-state index contributed by atoms with van der Waals surface area (Å²) in [4.78, 5) is 30.3. The number of para-hydroxylation sites is 1. The zero-order chi connectivity index (χ0) is 33.3. The molecule has 2 amide bonds. The highest BCUT2D eigenvalue weighted by atomic mass is 79.9. The SMILES string of the molecule is CCc1ccccc1N(CC(=O)N(Cc1cccc(Br)c1)C(Cc1ccccc1)C(=O)NC(C)CC)S(=O)(=O)c1ccc(C)cc1. The number of nitrogens with one attached hydrogen (secondary N) is 1. The molecular formula is C37H42BrN3O4S. The first-order chi connectivity index (χ1) is 22.0. The summed E-state index contributed by atoms with van der Waals surface area (Å²) in [5, 5.41) is 3.07. The monoisotopic (exact) mass is 703 g/mol. The van der Waals surface area contributed by atoms with Crippen molar-refractivity contribution < 1.29 is 18.0 Å². The van der Waals surface area contributed by atoms with Gasteiger partial charge in [-0.25, -0.2) is 8.42 Å². The molecule has 0 spiro atoms. The van der Waals surface area contributed by atoms with Gasteiger partial charge in [0.05, 0.1) is 10.6 Å². The normalized spacial score (nSPS) is 12.6. The number of anilines is 1. The maximum atomic E-state index is 14.7. The van der Waals surface area contributed by atoms with E-state index in [1.165, 1.54) is 9.21 Å². The second kappa shape index (κ2) is 16.1. The van der Waals surface area contributed by atoms with E-state index in [0.29, 0.717) is 12.1 Å². The van der Waals surface area contributed by atoms with Gasteiger partial charge < -0.3 is 10.2 Å². The average Bonchev–Trinajstić information content (AvgIpc) is 3.05. The summed E-state index contributed by atoms with van der Waals surface area (Å²) in [5.41, 5.74) is 3.84. The molecular weight excluding hydrogens is 662 g/mol. The Morgan fingerprint density at radius 2 is 1.50 bits per heavy atom. The van der Waals surface area contributed by atoms with E-state index in [9.17, 15) is 18.0 Å². The molecule has 46 heavy (non-hydrogen) atoms. The highest BCUT2D eigenvalue weighted by Gasteiger charge is 2.35. The molecule has 2 atom stereocenters. The maximum absolute atomic E-state index is 14.7. The molecule has 0 aliphatic carbocycles. The first kappa shape index (κ1) is 34.9. The second-order valence-corrected chi connectivity index (χ2v) is 14.3. The minimum absolute atomic E-state index is 0.0886. The van der Waals surface area contributed by atoms with Crippen LogP contribution in [-0.4, -0.2) is 43.8 Å². The Kier molecular flexibility index (Phi) is 12.2. The van der Waals surface area contributed by atoms with Crippen molar-refractivity contribution >= 4 is 43.5 Å². The molecule has 0 radical (unpaired) electrons. The van der Waals surface area contributed by atoms with Crippen molar-refractivity contribution in [3.05, 3.63) is 130 Å². The molecule has 0 aliphatic heterocycles. The third-order valence-electron chi connectivity index (χ3n) is 8.04. The fourth-order valence-corrected chi connectivity index (χ4v) is 7.13. The fourth-order valence-electron chi connectivity index (χ4n) is 5.23. The van der Waals surface area contributed by atoms with Crippen LogP contribution in [0, 0.1) is 6.92 Å². The Labute approximate surface area is 281 Å².